The van der Waals surface area contributed by atoms with E-state index in [-0.39, 0.29) is 0 Å². The van der Waals surface area contributed by atoms with Crippen molar-refractivity contribution < 1.29 is 9.53 Å². The van der Waals surface area contributed by atoms with Gasteiger partial charge in [-0.25, -0.2) is 0 Å². The van der Waals surface area contributed by atoms with Crippen molar-refractivity contribution >= 4 is 5.97 Å². The summed E-state index contributed by atoms with van der Waals surface area (Å²) >= 11 is 0. The van der Waals surface area contributed by atoms with Crippen LogP contribution < -0.4 is 0 Å². The smallest absolute Gasteiger partial charge is 0.326 e. The molecule has 0 N–H and O–H groups in total. The number of methoxy groups -OCH3 is 1. The lowest BCUT2D eigenvalue weighted by Gasteiger charge is -2.16. The van der Waals surface area contributed by atoms with Gasteiger partial charge in [0.15, 0.2) is 5.41 Å². The van der Waals surface area contributed by atoms with Crippen molar-refractivity contribution in [2.75, 3.05) is 7.11 Å². The third-order valence-corrected chi connectivity index (χ3v) is 2.89. The number of nitriles is 1. The fourth-order valence-electron chi connectivity index (χ4n) is 2.08. The summed E-state index contributed by atoms with van der Waals surface area (Å²) in [7, 11) is 1.32. The Bertz CT molecular complexity index is 420. The first-order valence-corrected chi connectivity index (χ1v) is 4.78. The molecular weight excluding hydrogens is 190 g/mol. The van der Waals surface area contributed by atoms with E-state index in [4.69, 9.17) is 10.00 Å². The van der Waals surface area contributed by atoms with Gasteiger partial charge in [0.05, 0.1) is 13.2 Å². The van der Waals surface area contributed by atoms with Gasteiger partial charge in [0, 0.05) is 12.8 Å². The van der Waals surface area contributed by atoms with Crippen LogP contribution in [0.15, 0.2) is 24.3 Å². The molecule has 1 aliphatic rings. The Kier molecular flexibility index (Phi) is 2.20. The van der Waals surface area contributed by atoms with Crippen molar-refractivity contribution in [2.24, 2.45) is 5.41 Å². The molecule has 3 nitrogen and oxygen atoms in total. The van der Waals surface area contributed by atoms with Gasteiger partial charge in [-0.15, -0.1) is 0 Å². The van der Waals surface area contributed by atoms with E-state index < -0.39 is 11.4 Å². The van der Waals surface area contributed by atoms with E-state index in [0.29, 0.717) is 12.8 Å². The maximum absolute atomic E-state index is 11.6. The maximum Gasteiger partial charge on any atom is 0.326 e. The predicted molar refractivity (Wildman–Crippen MR) is 53.9 cm³/mol. The fraction of sp³-hybridized carbons (Fsp3) is 0.333. The molecule has 0 atom stereocenters. The molecule has 1 aliphatic carbocycles. The number of nitrogens with zero attached hydrogens (tertiary/aromatic N) is 1. The van der Waals surface area contributed by atoms with Gasteiger partial charge < -0.3 is 4.74 Å². The second-order valence-corrected chi connectivity index (χ2v) is 3.81. The molecule has 0 unspecified atom stereocenters. The van der Waals surface area contributed by atoms with Gasteiger partial charge in [-0.2, -0.15) is 5.26 Å². The van der Waals surface area contributed by atoms with Crippen LogP contribution in [0, 0.1) is 16.7 Å². The average molecular weight is 201 g/mol. The standard InChI is InChI=1S/C12H11NO2/c1-15-11(14)12(8-13)6-9-4-2-3-5-10(9)7-12/h2-5H,6-7H2,1H3. The first-order chi connectivity index (χ1) is 7.22. The molecule has 76 valence electrons. The highest BCUT2D eigenvalue weighted by Crippen LogP contribution is 2.37. The van der Waals surface area contributed by atoms with E-state index in [2.05, 4.69) is 6.07 Å². The molecule has 1 aromatic rings. The summed E-state index contributed by atoms with van der Waals surface area (Å²) in [6.45, 7) is 0. The topological polar surface area (TPSA) is 50.1 Å². The van der Waals surface area contributed by atoms with E-state index in [1.165, 1.54) is 7.11 Å². The summed E-state index contributed by atoms with van der Waals surface area (Å²) in [6, 6.07) is 9.85. The van der Waals surface area contributed by atoms with E-state index >= 15 is 0 Å². The molecule has 1 aromatic carbocycles. The number of carbonyl (C=O) groups excluding carboxylic acids is 1. The van der Waals surface area contributed by atoms with E-state index in [9.17, 15) is 4.79 Å². The summed E-state index contributed by atoms with van der Waals surface area (Å²) in [5.74, 6) is -0.429. The zero-order chi connectivity index (χ0) is 10.9. The molecule has 0 fully saturated rings. The summed E-state index contributed by atoms with van der Waals surface area (Å²) in [5, 5.41) is 9.14. The highest BCUT2D eigenvalue weighted by atomic mass is 16.5. The summed E-state index contributed by atoms with van der Waals surface area (Å²) in [5.41, 5.74) is 1.15. The number of fused-ring (bicyclic) bond motifs is 1. The molecule has 0 saturated carbocycles. The minimum Gasteiger partial charge on any atom is -0.468 e. The minimum atomic E-state index is -1.00. The zero-order valence-electron chi connectivity index (χ0n) is 8.49. The highest BCUT2D eigenvalue weighted by molar-refractivity contribution is 5.82. The molecule has 0 bridgehead atoms. The third-order valence-electron chi connectivity index (χ3n) is 2.89. The largest absolute Gasteiger partial charge is 0.468 e. The lowest BCUT2D eigenvalue weighted by atomic mass is 9.87. The Morgan fingerprint density at radius 2 is 1.93 bits per heavy atom. The monoisotopic (exact) mass is 201 g/mol. The lowest BCUT2D eigenvalue weighted by Crippen LogP contribution is -2.31. The maximum atomic E-state index is 11.6. The van der Waals surface area contributed by atoms with Gasteiger partial charge in [0.25, 0.3) is 0 Å². The Hall–Kier alpha value is -1.82. The van der Waals surface area contributed by atoms with Crippen molar-refractivity contribution in [3.05, 3.63) is 35.4 Å². The fourth-order valence-corrected chi connectivity index (χ4v) is 2.08. The van der Waals surface area contributed by atoms with Gasteiger partial charge in [0.2, 0.25) is 0 Å². The first-order valence-electron chi connectivity index (χ1n) is 4.78. The van der Waals surface area contributed by atoms with Crippen LogP contribution in [0.3, 0.4) is 0 Å². The Morgan fingerprint density at radius 1 is 1.40 bits per heavy atom. The summed E-state index contributed by atoms with van der Waals surface area (Å²) in [4.78, 5) is 11.6. The number of esters is 1. The number of benzene rings is 1. The van der Waals surface area contributed by atoms with Crippen LogP contribution in [0.25, 0.3) is 0 Å². The molecule has 0 amide bonds. The summed E-state index contributed by atoms with van der Waals surface area (Å²) < 4.78 is 4.70. The van der Waals surface area contributed by atoms with E-state index in [1.807, 2.05) is 24.3 Å². The SMILES string of the molecule is COC(=O)C1(C#N)Cc2ccccc2C1. The van der Waals surface area contributed by atoms with Gasteiger partial charge in [-0.05, 0) is 11.1 Å². The number of carbonyl (C=O) groups is 1. The zero-order valence-corrected chi connectivity index (χ0v) is 8.49. The Balaban J connectivity index is 2.38. The molecule has 0 aliphatic heterocycles. The molecular formula is C12H11NO2. The van der Waals surface area contributed by atoms with Gasteiger partial charge in [-0.3, -0.25) is 4.79 Å². The molecule has 2 rings (SSSR count). The van der Waals surface area contributed by atoms with Crippen molar-refractivity contribution in [1.29, 1.82) is 5.26 Å². The number of hydrogen-bond acceptors (Lipinski definition) is 3. The average Bonchev–Trinajstić information content (AvgIpc) is 2.67. The van der Waals surface area contributed by atoms with Crippen LogP contribution in [-0.4, -0.2) is 13.1 Å². The number of hydrogen-bond donors (Lipinski definition) is 0. The van der Waals surface area contributed by atoms with Crippen LogP contribution in [0.2, 0.25) is 0 Å². The molecule has 0 aromatic heterocycles. The van der Waals surface area contributed by atoms with Gasteiger partial charge in [0.1, 0.15) is 0 Å². The molecule has 0 radical (unpaired) electrons. The van der Waals surface area contributed by atoms with Gasteiger partial charge >= 0.3 is 5.97 Å². The minimum absolute atomic E-state index is 0.429. The highest BCUT2D eigenvalue weighted by Gasteiger charge is 2.45. The molecule has 15 heavy (non-hydrogen) atoms. The molecule has 0 saturated heterocycles. The van der Waals surface area contributed by atoms with E-state index in [1.54, 1.807) is 0 Å². The quantitative estimate of drug-likeness (QED) is 0.646. The van der Waals surface area contributed by atoms with Gasteiger partial charge in [-0.1, -0.05) is 24.3 Å². The van der Waals surface area contributed by atoms with Crippen LogP contribution in [-0.2, 0) is 22.4 Å². The number of ether oxygens (including phenoxy) is 1. The number of rotatable bonds is 1. The summed E-state index contributed by atoms with van der Waals surface area (Å²) in [6.07, 6.45) is 0.929. The first kappa shape index (κ1) is 9.72. The van der Waals surface area contributed by atoms with Crippen LogP contribution in [0.5, 0.6) is 0 Å². The lowest BCUT2D eigenvalue weighted by molar-refractivity contribution is -0.148. The third kappa shape index (κ3) is 1.39. The van der Waals surface area contributed by atoms with Crippen LogP contribution in [0.4, 0.5) is 0 Å². The predicted octanol–water partition coefficient (Wildman–Crippen LogP) is 1.47. The molecule has 3 heteroatoms. The Labute approximate surface area is 88.3 Å². The van der Waals surface area contributed by atoms with E-state index in [0.717, 1.165) is 11.1 Å². The van der Waals surface area contributed by atoms with Crippen LogP contribution in [0.1, 0.15) is 11.1 Å². The second kappa shape index (κ2) is 3.39. The second-order valence-electron chi connectivity index (χ2n) is 3.81. The Morgan fingerprint density at radius 3 is 2.33 bits per heavy atom. The van der Waals surface area contributed by atoms with Crippen LogP contribution >= 0.6 is 0 Å². The molecule has 0 spiro atoms. The van der Waals surface area contributed by atoms with Crippen molar-refractivity contribution in [1.82, 2.24) is 0 Å². The van der Waals surface area contributed by atoms with Crippen molar-refractivity contribution in [2.45, 2.75) is 12.8 Å². The molecule has 0 heterocycles. The van der Waals surface area contributed by atoms with Crippen molar-refractivity contribution in [3.8, 4) is 6.07 Å². The van der Waals surface area contributed by atoms with Crippen molar-refractivity contribution in [3.63, 3.8) is 0 Å². The normalized spacial score (nSPS) is 16.5.